The maximum Gasteiger partial charge on any atom is 0.161 e. The fraction of sp³-hybridized carbons (Fsp3) is 0.200. The Labute approximate surface area is 131 Å². The SMILES string of the molecule is Clc1cccc(NCc2ccc3c(c2)OCCO3)c1Br. The van der Waals surface area contributed by atoms with Gasteiger partial charge in [-0.05, 0) is 45.8 Å². The number of hydrogen-bond donors (Lipinski definition) is 1. The molecule has 0 bridgehead atoms. The number of fused-ring (bicyclic) bond motifs is 1. The normalized spacial score (nSPS) is 13.1. The summed E-state index contributed by atoms with van der Waals surface area (Å²) in [5.41, 5.74) is 2.09. The van der Waals surface area contributed by atoms with E-state index in [1.807, 2.05) is 36.4 Å². The fourth-order valence-electron chi connectivity index (χ4n) is 2.04. The van der Waals surface area contributed by atoms with Crippen LogP contribution in [0.2, 0.25) is 5.02 Å². The quantitative estimate of drug-likeness (QED) is 0.881. The van der Waals surface area contributed by atoms with Crippen molar-refractivity contribution in [2.75, 3.05) is 18.5 Å². The maximum absolute atomic E-state index is 6.07. The van der Waals surface area contributed by atoms with E-state index in [0.29, 0.717) is 24.8 Å². The number of halogens is 2. The Balaban J connectivity index is 1.73. The van der Waals surface area contributed by atoms with E-state index in [4.69, 9.17) is 21.1 Å². The predicted molar refractivity (Wildman–Crippen MR) is 83.9 cm³/mol. The first-order valence-corrected chi connectivity index (χ1v) is 7.47. The molecule has 0 fully saturated rings. The molecule has 2 aromatic carbocycles. The van der Waals surface area contributed by atoms with Crippen molar-refractivity contribution in [3.63, 3.8) is 0 Å². The van der Waals surface area contributed by atoms with E-state index in [1.54, 1.807) is 0 Å². The topological polar surface area (TPSA) is 30.5 Å². The molecule has 0 radical (unpaired) electrons. The number of benzene rings is 2. The Bertz CT molecular complexity index is 633. The molecular weight excluding hydrogens is 342 g/mol. The summed E-state index contributed by atoms with van der Waals surface area (Å²) in [6.45, 7) is 1.90. The van der Waals surface area contributed by atoms with E-state index < -0.39 is 0 Å². The summed E-state index contributed by atoms with van der Waals surface area (Å²) in [6.07, 6.45) is 0. The molecule has 0 saturated carbocycles. The van der Waals surface area contributed by atoms with E-state index in [0.717, 1.165) is 27.2 Å². The first kappa shape index (κ1) is 13.6. The highest BCUT2D eigenvalue weighted by atomic mass is 79.9. The average molecular weight is 355 g/mol. The molecule has 104 valence electrons. The van der Waals surface area contributed by atoms with Crippen molar-refractivity contribution < 1.29 is 9.47 Å². The Morgan fingerprint density at radius 2 is 1.90 bits per heavy atom. The molecule has 2 aromatic rings. The third-order valence-electron chi connectivity index (χ3n) is 3.04. The summed E-state index contributed by atoms with van der Waals surface area (Å²) in [5.74, 6) is 1.62. The molecule has 1 aliphatic heterocycles. The lowest BCUT2D eigenvalue weighted by Gasteiger charge is -2.19. The van der Waals surface area contributed by atoms with E-state index in [1.165, 1.54) is 0 Å². The van der Waals surface area contributed by atoms with Crippen LogP contribution < -0.4 is 14.8 Å². The van der Waals surface area contributed by atoms with Gasteiger partial charge in [-0.2, -0.15) is 0 Å². The fourth-order valence-corrected chi connectivity index (χ4v) is 2.61. The summed E-state index contributed by atoms with van der Waals surface area (Å²) < 4.78 is 12.0. The summed E-state index contributed by atoms with van der Waals surface area (Å²) >= 11 is 9.54. The Hall–Kier alpha value is -1.39. The van der Waals surface area contributed by atoms with E-state index in [-0.39, 0.29) is 0 Å². The smallest absolute Gasteiger partial charge is 0.161 e. The first-order chi connectivity index (χ1) is 9.74. The molecule has 1 heterocycles. The second kappa shape index (κ2) is 5.94. The summed E-state index contributed by atoms with van der Waals surface area (Å²) in [4.78, 5) is 0. The zero-order valence-electron chi connectivity index (χ0n) is 10.7. The molecule has 5 heteroatoms. The Morgan fingerprint density at radius 3 is 2.75 bits per heavy atom. The molecule has 0 atom stereocenters. The largest absolute Gasteiger partial charge is 0.486 e. The van der Waals surface area contributed by atoms with Crippen LogP contribution >= 0.6 is 27.5 Å². The zero-order valence-corrected chi connectivity index (χ0v) is 13.0. The van der Waals surface area contributed by atoms with Gasteiger partial charge in [0.1, 0.15) is 13.2 Å². The van der Waals surface area contributed by atoms with Crippen LogP contribution in [0.3, 0.4) is 0 Å². The van der Waals surface area contributed by atoms with E-state index in [9.17, 15) is 0 Å². The highest BCUT2D eigenvalue weighted by Gasteiger charge is 2.11. The van der Waals surface area contributed by atoms with Gasteiger partial charge in [0.15, 0.2) is 11.5 Å². The number of rotatable bonds is 3. The highest BCUT2D eigenvalue weighted by Crippen LogP contribution is 2.32. The van der Waals surface area contributed by atoms with Crippen LogP contribution in [-0.4, -0.2) is 13.2 Å². The van der Waals surface area contributed by atoms with Crippen molar-refractivity contribution in [1.82, 2.24) is 0 Å². The average Bonchev–Trinajstić information content (AvgIpc) is 2.48. The molecule has 0 spiro atoms. The molecule has 1 aliphatic rings. The second-order valence-corrected chi connectivity index (χ2v) is 5.63. The maximum atomic E-state index is 6.07. The Kier molecular flexibility index (Phi) is 4.03. The number of anilines is 1. The van der Waals surface area contributed by atoms with Crippen LogP contribution in [0.5, 0.6) is 11.5 Å². The number of nitrogens with one attached hydrogen (secondary N) is 1. The van der Waals surface area contributed by atoms with Gasteiger partial charge in [0.05, 0.1) is 15.2 Å². The minimum Gasteiger partial charge on any atom is -0.486 e. The number of hydrogen-bond acceptors (Lipinski definition) is 3. The molecule has 3 nitrogen and oxygen atoms in total. The van der Waals surface area contributed by atoms with Crippen molar-refractivity contribution in [3.8, 4) is 11.5 Å². The molecule has 20 heavy (non-hydrogen) atoms. The monoisotopic (exact) mass is 353 g/mol. The van der Waals surface area contributed by atoms with Crippen molar-refractivity contribution in [2.45, 2.75) is 6.54 Å². The summed E-state index contributed by atoms with van der Waals surface area (Å²) in [6, 6.07) is 11.7. The van der Waals surface area contributed by atoms with Gasteiger partial charge in [-0.3, -0.25) is 0 Å². The van der Waals surface area contributed by atoms with Crippen LogP contribution in [-0.2, 0) is 6.54 Å². The lowest BCUT2D eigenvalue weighted by molar-refractivity contribution is 0.171. The van der Waals surface area contributed by atoms with Crippen LogP contribution in [0, 0.1) is 0 Å². The van der Waals surface area contributed by atoms with E-state index in [2.05, 4.69) is 21.2 Å². The minimum atomic E-state index is 0.601. The summed E-state index contributed by atoms with van der Waals surface area (Å²) in [5, 5.41) is 4.04. The third kappa shape index (κ3) is 2.86. The van der Waals surface area contributed by atoms with Crippen LogP contribution in [0.1, 0.15) is 5.56 Å². The predicted octanol–water partition coefficient (Wildman–Crippen LogP) is 4.49. The van der Waals surface area contributed by atoms with Crippen molar-refractivity contribution in [3.05, 3.63) is 51.5 Å². The minimum absolute atomic E-state index is 0.601. The van der Waals surface area contributed by atoms with Gasteiger partial charge >= 0.3 is 0 Å². The molecule has 0 aliphatic carbocycles. The standard InChI is InChI=1S/C15H13BrClNO2/c16-15-11(17)2-1-3-12(15)18-9-10-4-5-13-14(8-10)20-7-6-19-13/h1-5,8,18H,6-7,9H2. The second-order valence-electron chi connectivity index (χ2n) is 4.43. The molecule has 3 rings (SSSR count). The first-order valence-electron chi connectivity index (χ1n) is 6.30. The van der Waals surface area contributed by atoms with E-state index >= 15 is 0 Å². The van der Waals surface area contributed by atoms with Gasteiger partial charge in [0.2, 0.25) is 0 Å². The molecule has 0 amide bonds. The molecule has 0 unspecified atom stereocenters. The summed E-state index contributed by atoms with van der Waals surface area (Å²) in [7, 11) is 0. The lowest BCUT2D eigenvalue weighted by atomic mass is 10.2. The van der Waals surface area contributed by atoms with Crippen LogP contribution in [0.25, 0.3) is 0 Å². The van der Waals surface area contributed by atoms with Crippen molar-refractivity contribution >= 4 is 33.2 Å². The highest BCUT2D eigenvalue weighted by molar-refractivity contribution is 9.10. The van der Waals surface area contributed by atoms with Gasteiger partial charge in [0, 0.05) is 6.54 Å². The Morgan fingerprint density at radius 1 is 1.10 bits per heavy atom. The molecular formula is C15H13BrClNO2. The molecule has 1 N–H and O–H groups in total. The van der Waals surface area contributed by atoms with Gasteiger partial charge in [-0.15, -0.1) is 0 Å². The number of ether oxygens (including phenoxy) is 2. The molecule has 0 aromatic heterocycles. The van der Waals surface area contributed by atoms with Crippen LogP contribution in [0.4, 0.5) is 5.69 Å². The zero-order chi connectivity index (χ0) is 13.9. The molecule has 0 saturated heterocycles. The van der Waals surface area contributed by atoms with Gasteiger partial charge in [0.25, 0.3) is 0 Å². The van der Waals surface area contributed by atoms with Gasteiger partial charge in [-0.25, -0.2) is 0 Å². The van der Waals surface area contributed by atoms with Gasteiger partial charge < -0.3 is 14.8 Å². The lowest BCUT2D eigenvalue weighted by Crippen LogP contribution is -2.15. The van der Waals surface area contributed by atoms with Crippen LogP contribution in [0.15, 0.2) is 40.9 Å². The van der Waals surface area contributed by atoms with Crippen molar-refractivity contribution in [2.24, 2.45) is 0 Å². The third-order valence-corrected chi connectivity index (χ3v) is 4.44. The van der Waals surface area contributed by atoms with Gasteiger partial charge in [-0.1, -0.05) is 23.7 Å². The van der Waals surface area contributed by atoms with Crippen molar-refractivity contribution in [1.29, 1.82) is 0 Å².